The zero-order valence-corrected chi connectivity index (χ0v) is 17.6. The summed E-state index contributed by atoms with van der Waals surface area (Å²) >= 11 is 0. The molecule has 0 unspecified atom stereocenters. The van der Waals surface area contributed by atoms with Crippen LogP contribution in [0.15, 0.2) is 58.1 Å². The molecule has 0 saturated carbocycles. The smallest absolute Gasteiger partial charge is 0.0680 e. The van der Waals surface area contributed by atoms with Crippen molar-refractivity contribution in [3.8, 4) is 0 Å². The minimum absolute atomic E-state index is 0.498. The van der Waals surface area contributed by atoms with Gasteiger partial charge in [-0.25, -0.2) is 0 Å². The van der Waals surface area contributed by atoms with Crippen LogP contribution in [0.3, 0.4) is 0 Å². The Balaban J connectivity index is 3.68. The maximum atomic E-state index is 4.67. The van der Waals surface area contributed by atoms with Gasteiger partial charge in [-0.15, -0.1) is 0 Å². The number of hydrogen-bond acceptors (Lipinski definition) is 1. The van der Waals surface area contributed by atoms with Crippen molar-refractivity contribution in [1.29, 1.82) is 0 Å². The van der Waals surface area contributed by atoms with E-state index >= 15 is 0 Å². The first-order valence-electron chi connectivity index (χ1n) is 9.25. The summed E-state index contributed by atoms with van der Waals surface area (Å²) in [5, 5.41) is 0. The van der Waals surface area contributed by atoms with E-state index in [1.807, 2.05) is 13.1 Å². The SMILES string of the molecule is C=CC(=C(C(C)C)C(C)C)/C(C)=C(C)/C(=N\C)c1c(C)cccc1C. The van der Waals surface area contributed by atoms with Crippen LogP contribution in [0, 0.1) is 25.7 Å². The van der Waals surface area contributed by atoms with E-state index in [9.17, 15) is 0 Å². The summed E-state index contributed by atoms with van der Waals surface area (Å²) in [5.74, 6) is 0.996. The number of benzene rings is 1. The number of allylic oxidation sites excluding steroid dienone is 5. The first-order chi connectivity index (χ1) is 11.7. The van der Waals surface area contributed by atoms with Crippen molar-refractivity contribution in [3.63, 3.8) is 0 Å². The van der Waals surface area contributed by atoms with Gasteiger partial charge in [0.25, 0.3) is 0 Å². The summed E-state index contributed by atoms with van der Waals surface area (Å²) in [7, 11) is 1.89. The van der Waals surface area contributed by atoms with Crippen LogP contribution < -0.4 is 0 Å². The monoisotopic (exact) mass is 337 g/mol. The third-order valence-electron chi connectivity index (χ3n) is 5.02. The van der Waals surface area contributed by atoms with E-state index in [2.05, 4.69) is 85.2 Å². The molecule has 0 N–H and O–H groups in total. The molecule has 0 aliphatic heterocycles. The van der Waals surface area contributed by atoms with E-state index in [-0.39, 0.29) is 0 Å². The van der Waals surface area contributed by atoms with Crippen LogP contribution in [0.4, 0.5) is 0 Å². The second kappa shape index (κ2) is 8.99. The predicted octanol–water partition coefficient (Wildman–Crippen LogP) is 6.85. The third kappa shape index (κ3) is 4.60. The van der Waals surface area contributed by atoms with Gasteiger partial charge in [-0.2, -0.15) is 0 Å². The molecule has 0 aliphatic carbocycles. The Hall–Kier alpha value is -1.89. The fourth-order valence-corrected chi connectivity index (χ4v) is 3.81. The molecule has 0 aliphatic rings. The fraction of sp³-hybridized carbons (Fsp3) is 0.458. The number of aryl methyl sites for hydroxylation is 2. The summed E-state index contributed by atoms with van der Waals surface area (Å²) < 4.78 is 0. The average Bonchev–Trinajstić information content (AvgIpc) is 2.53. The van der Waals surface area contributed by atoms with Crippen LogP contribution in [0.25, 0.3) is 0 Å². The zero-order valence-electron chi connectivity index (χ0n) is 17.6. The van der Waals surface area contributed by atoms with Gasteiger partial charge in [-0.3, -0.25) is 4.99 Å². The number of aliphatic imine (C=N–C) groups is 1. The average molecular weight is 338 g/mol. The molecule has 0 saturated heterocycles. The Kier molecular flexibility index (Phi) is 7.60. The largest absolute Gasteiger partial charge is 0.288 e. The lowest BCUT2D eigenvalue weighted by molar-refractivity contribution is 0.619. The van der Waals surface area contributed by atoms with Gasteiger partial charge in [-0.1, -0.05) is 64.1 Å². The highest BCUT2D eigenvalue weighted by Crippen LogP contribution is 2.31. The molecule has 136 valence electrons. The van der Waals surface area contributed by atoms with Gasteiger partial charge in [-0.05, 0) is 67.4 Å². The highest BCUT2D eigenvalue weighted by molar-refractivity contribution is 6.14. The summed E-state index contributed by atoms with van der Waals surface area (Å²) in [5.41, 5.74) is 10.1. The Morgan fingerprint density at radius 3 is 1.80 bits per heavy atom. The van der Waals surface area contributed by atoms with Crippen molar-refractivity contribution in [2.24, 2.45) is 16.8 Å². The minimum Gasteiger partial charge on any atom is -0.288 e. The van der Waals surface area contributed by atoms with Crippen molar-refractivity contribution in [2.75, 3.05) is 7.05 Å². The summed E-state index contributed by atoms with van der Waals surface area (Å²) in [6, 6.07) is 6.43. The first kappa shape index (κ1) is 21.2. The lowest BCUT2D eigenvalue weighted by Gasteiger charge is -2.23. The molecule has 1 aromatic carbocycles. The van der Waals surface area contributed by atoms with E-state index in [1.54, 1.807) is 0 Å². The molecule has 0 atom stereocenters. The van der Waals surface area contributed by atoms with Crippen LogP contribution in [0.5, 0.6) is 0 Å². The van der Waals surface area contributed by atoms with E-state index in [4.69, 9.17) is 0 Å². The molecule has 0 heterocycles. The molecule has 0 radical (unpaired) electrons. The summed E-state index contributed by atoms with van der Waals surface area (Å²) in [6.07, 6.45) is 2.02. The van der Waals surface area contributed by atoms with Crippen LogP contribution in [0.2, 0.25) is 0 Å². The van der Waals surface area contributed by atoms with Crippen molar-refractivity contribution in [3.05, 3.63) is 69.8 Å². The van der Waals surface area contributed by atoms with E-state index in [0.29, 0.717) is 11.8 Å². The predicted molar refractivity (Wildman–Crippen MR) is 114 cm³/mol. The van der Waals surface area contributed by atoms with E-state index in [0.717, 1.165) is 5.71 Å². The fourth-order valence-electron chi connectivity index (χ4n) is 3.81. The highest BCUT2D eigenvalue weighted by Gasteiger charge is 2.18. The van der Waals surface area contributed by atoms with E-state index in [1.165, 1.54) is 39.0 Å². The molecular weight excluding hydrogens is 302 g/mol. The topological polar surface area (TPSA) is 12.4 Å². The third-order valence-corrected chi connectivity index (χ3v) is 5.02. The van der Waals surface area contributed by atoms with Crippen LogP contribution in [-0.2, 0) is 0 Å². The first-order valence-corrected chi connectivity index (χ1v) is 9.25. The molecular formula is C24H35N. The summed E-state index contributed by atoms with van der Waals surface area (Å²) in [6.45, 7) is 21.9. The molecule has 0 fully saturated rings. The molecule has 0 amide bonds. The van der Waals surface area contributed by atoms with Crippen molar-refractivity contribution in [1.82, 2.24) is 0 Å². The lowest BCUT2D eigenvalue weighted by atomic mass is 9.83. The molecule has 1 aromatic rings. The Bertz CT molecular complexity index is 694. The van der Waals surface area contributed by atoms with Gasteiger partial charge < -0.3 is 0 Å². The van der Waals surface area contributed by atoms with Gasteiger partial charge >= 0.3 is 0 Å². The quantitative estimate of drug-likeness (QED) is 0.397. The molecule has 1 rings (SSSR count). The molecule has 0 aromatic heterocycles. The van der Waals surface area contributed by atoms with Crippen LogP contribution in [-0.4, -0.2) is 12.8 Å². The second-order valence-electron chi connectivity index (χ2n) is 7.47. The molecule has 0 spiro atoms. The van der Waals surface area contributed by atoms with Gasteiger partial charge in [0.15, 0.2) is 0 Å². The molecule has 1 nitrogen and oxygen atoms in total. The zero-order chi connectivity index (χ0) is 19.3. The molecule has 0 bridgehead atoms. The maximum absolute atomic E-state index is 4.67. The van der Waals surface area contributed by atoms with Crippen molar-refractivity contribution in [2.45, 2.75) is 55.4 Å². The van der Waals surface area contributed by atoms with E-state index < -0.39 is 0 Å². The highest BCUT2D eigenvalue weighted by atomic mass is 14.7. The second-order valence-corrected chi connectivity index (χ2v) is 7.47. The maximum Gasteiger partial charge on any atom is 0.0680 e. The van der Waals surface area contributed by atoms with Crippen LogP contribution in [0.1, 0.15) is 58.2 Å². The Labute approximate surface area is 155 Å². The number of nitrogens with zero attached hydrogens (tertiary/aromatic N) is 1. The molecule has 1 heteroatoms. The van der Waals surface area contributed by atoms with Gasteiger partial charge in [0, 0.05) is 12.6 Å². The van der Waals surface area contributed by atoms with Gasteiger partial charge in [0.1, 0.15) is 0 Å². The minimum atomic E-state index is 0.498. The standard InChI is InChI=1S/C24H35N/c1-11-21(22(15(2)3)16(4)5)19(8)20(9)24(25-10)23-17(6)13-12-14-18(23)7/h11-16H,1H2,2-10H3/b20-19+,25-24+. The van der Waals surface area contributed by atoms with Crippen LogP contribution >= 0.6 is 0 Å². The number of rotatable bonds is 6. The normalized spacial score (nSPS) is 13.2. The molecule has 25 heavy (non-hydrogen) atoms. The van der Waals surface area contributed by atoms with Gasteiger partial charge in [0.2, 0.25) is 0 Å². The van der Waals surface area contributed by atoms with Crippen molar-refractivity contribution < 1.29 is 0 Å². The number of hydrogen-bond donors (Lipinski definition) is 0. The summed E-state index contributed by atoms with van der Waals surface area (Å²) in [4.78, 5) is 4.67. The lowest BCUT2D eigenvalue weighted by Crippen LogP contribution is -2.12. The van der Waals surface area contributed by atoms with Crippen molar-refractivity contribution >= 4 is 5.71 Å². The Morgan fingerprint density at radius 1 is 0.960 bits per heavy atom. The van der Waals surface area contributed by atoms with Gasteiger partial charge in [0.05, 0.1) is 5.71 Å². The Morgan fingerprint density at radius 2 is 1.44 bits per heavy atom.